The van der Waals surface area contributed by atoms with Crippen LogP contribution < -0.4 is 4.74 Å². The molecule has 8 nitrogen and oxygen atoms in total. The fraction of sp³-hybridized carbons (Fsp3) is 0.583. The topological polar surface area (TPSA) is 87.2 Å². The summed E-state index contributed by atoms with van der Waals surface area (Å²) in [4.78, 5) is 55.5. The van der Waals surface area contributed by atoms with Crippen LogP contribution in [0.25, 0.3) is 0 Å². The molecule has 0 bridgehead atoms. The lowest BCUT2D eigenvalue weighted by Gasteiger charge is -2.39. The Morgan fingerprint density at radius 2 is 1.72 bits per heavy atom. The zero-order valence-corrected chi connectivity index (χ0v) is 19.1. The number of benzene rings is 1. The first kappa shape index (κ1) is 22.3. The number of hydrogen-bond donors (Lipinski definition) is 0. The SMILES string of the molecule is CC(=O)N1CCN(C(=O)[C@@H](C)N2CC[C@]3(CCC2=O)CC(=O)c2cc(C)ccc2O3)CC1. The minimum absolute atomic E-state index is 0.0110. The number of likely N-dealkylation sites (tertiary alicyclic amines) is 1. The molecule has 3 aliphatic heterocycles. The number of hydrogen-bond acceptors (Lipinski definition) is 5. The van der Waals surface area contributed by atoms with Crippen molar-refractivity contribution in [2.45, 2.75) is 58.1 Å². The predicted molar refractivity (Wildman–Crippen MR) is 117 cm³/mol. The van der Waals surface area contributed by atoms with Crippen LogP contribution in [0.1, 0.15) is 55.5 Å². The number of nitrogens with zero attached hydrogens (tertiary/aromatic N) is 3. The number of ketones is 1. The average Bonchev–Trinajstić information content (AvgIpc) is 2.92. The van der Waals surface area contributed by atoms with Crippen LogP contribution in [0, 0.1) is 6.92 Å². The van der Waals surface area contributed by atoms with Crippen LogP contribution in [0.5, 0.6) is 5.75 Å². The molecule has 3 amide bonds. The van der Waals surface area contributed by atoms with Crippen molar-refractivity contribution in [3.63, 3.8) is 0 Å². The first-order valence-corrected chi connectivity index (χ1v) is 11.4. The van der Waals surface area contributed by atoms with E-state index < -0.39 is 11.6 Å². The number of carbonyl (C=O) groups is 4. The van der Waals surface area contributed by atoms with E-state index in [9.17, 15) is 19.2 Å². The Kier molecular flexibility index (Phi) is 5.97. The van der Waals surface area contributed by atoms with Gasteiger partial charge in [-0.25, -0.2) is 0 Å². The summed E-state index contributed by atoms with van der Waals surface area (Å²) in [5.41, 5.74) is 0.909. The fourth-order valence-corrected chi connectivity index (χ4v) is 4.99. The van der Waals surface area contributed by atoms with Gasteiger partial charge in [-0.1, -0.05) is 11.6 Å². The largest absolute Gasteiger partial charge is 0.486 e. The number of piperazine rings is 1. The minimum Gasteiger partial charge on any atom is -0.486 e. The molecule has 1 aromatic rings. The summed E-state index contributed by atoms with van der Waals surface area (Å²) in [5, 5.41) is 0. The van der Waals surface area contributed by atoms with Crippen LogP contribution in [0.15, 0.2) is 18.2 Å². The zero-order valence-electron chi connectivity index (χ0n) is 19.1. The minimum atomic E-state index is -0.709. The third-order valence-corrected chi connectivity index (χ3v) is 7.03. The number of amides is 3. The van der Waals surface area contributed by atoms with E-state index in [2.05, 4.69) is 0 Å². The van der Waals surface area contributed by atoms with Gasteiger partial charge in [-0.05, 0) is 32.4 Å². The Hall–Kier alpha value is -2.90. The van der Waals surface area contributed by atoms with Gasteiger partial charge in [0.25, 0.3) is 0 Å². The van der Waals surface area contributed by atoms with Gasteiger partial charge in [-0.3, -0.25) is 19.2 Å². The molecule has 172 valence electrons. The lowest BCUT2D eigenvalue weighted by atomic mass is 9.84. The molecular weight excluding hydrogens is 410 g/mol. The Labute approximate surface area is 188 Å². The maximum atomic E-state index is 13.1. The number of ether oxygens (including phenoxy) is 1. The summed E-state index contributed by atoms with van der Waals surface area (Å²) in [5.74, 6) is 0.454. The van der Waals surface area contributed by atoms with Crippen molar-refractivity contribution in [2.75, 3.05) is 32.7 Å². The molecule has 8 heteroatoms. The quantitative estimate of drug-likeness (QED) is 0.698. The van der Waals surface area contributed by atoms with Crippen LogP contribution in [0.3, 0.4) is 0 Å². The van der Waals surface area contributed by atoms with Gasteiger partial charge in [-0.2, -0.15) is 0 Å². The van der Waals surface area contributed by atoms with Crippen molar-refractivity contribution in [1.82, 2.24) is 14.7 Å². The normalized spacial score (nSPS) is 24.7. The molecule has 4 rings (SSSR count). The highest BCUT2D eigenvalue weighted by Gasteiger charge is 2.44. The van der Waals surface area contributed by atoms with Crippen LogP contribution in [0.2, 0.25) is 0 Å². The average molecular weight is 442 g/mol. The molecule has 2 saturated heterocycles. The van der Waals surface area contributed by atoms with Crippen LogP contribution in [0.4, 0.5) is 0 Å². The Morgan fingerprint density at radius 1 is 1.03 bits per heavy atom. The molecule has 0 saturated carbocycles. The van der Waals surface area contributed by atoms with Crippen molar-refractivity contribution >= 4 is 23.5 Å². The van der Waals surface area contributed by atoms with E-state index in [1.807, 2.05) is 25.1 Å². The maximum absolute atomic E-state index is 13.1. The van der Waals surface area contributed by atoms with Crippen LogP contribution in [-0.2, 0) is 14.4 Å². The van der Waals surface area contributed by atoms with Crippen molar-refractivity contribution in [2.24, 2.45) is 0 Å². The summed E-state index contributed by atoms with van der Waals surface area (Å²) < 4.78 is 6.32. The fourth-order valence-electron chi connectivity index (χ4n) is 4.99. The van der Waals surface area contributed by atoms with E-state index in [-0.39, 0.29) is 36.3 Å². The summed E-state index contributed by atoms with van der Waals surface area (Å²) in [7, 11) is 0. The van der Waals surface area contributed by atoms with Crippen molar-refractivity contribution in [1.29, 1.82) is 0 Å². The second kappa shape index (κ2) is 8.56. The smallest absolute Gasteiger partial charge is 0.245 e. The van der Waals surface area contributed by atoms with Crippen molar-refractivity contribution in [3.05, 3.63) is 29.3 Å². The molecule has 2 fully saturated rings. The van der Waals surface area contributed by atoms with Gasteiger partial charge in [0.1, 0.15) is 17.4 Å². The Balaban J connectivity index is 1.44. The molecule has 2 atom stereocenters. The summed E-state index contributed by atoms with van der Waals surface area (Å²) in [6.45, 7) is 7.58. The summed E-state index contributed by atoms with van der Waals surface area (Å²) in [6.07, 6.45) is 1.46. The third-order valence-electron chi connectivity index (χ3n) is 7.03. The summed E-state index contributed by atoms with van der Waals surface area (Å²) in [6, 6.07) is 5.02. The number of rotatable bonds is 2. The van der Waals surface area contributed by atoms with Gasteiger partial charge in [0.2, 0.25) is 17.7 Å². The maximum Gasteiger partial charge on any atom is 0.245 e. The van der Waals surface area contributed by atoms with E-state index in [0.29, 0.717) is 56.9 Å². The van der Waals surface area contributed by atoms with Gasteiger partial charge in [-0.15, -0.1) is 0 Å². The van der Waals surface area contributed by atoms with E-state index in [1.165, 1.54) is 6.92 Å². The molecule has 3 aliphatic rings. The molecule has 1 spiro atoms. The lowest BCUT2D eigenvalue weighted by Crippen LogP contribution is -2.55. The first-order chi connectivity index (χ1) is 15.2. The van der Waals surface area contributed by atoms with Gasteiger partial charge in [0.15, 0.2) is 5.78 Å². The summed E-state index contributed by atoms with van der Waals surface area (Å²) >= 11 is 0. The van der Waals surface area contributed by atoms with E-state index in [0.717, 1.165) is 5.56 Å². The number of aryl methyl sites for hydroxylation is 1. The highest BCUT2D eigenvalue weighted by atomic mass is 16.5. The molecular formula is C24H31N3O5. The Morgan fingerprint density at radius 3 is 2.41 bits per heavy atom. The zero-order chi connectivity index (χ0) is 23.0. The highest BCUT2D eigenvalue weighted by molar-refractivity contribution is 6.00. The van der Waals surface area contributed by atoms with E-state index in [1.54, 1.807) is 21.6 Å². The molecule has 1 aromatic carbocycles. The number of fused-ring (bicyclic) bond motifs is 1. The highest BCUT2D eigenvalue weighted by Crippen LogP contribution is 2.40. The van der Waals surface area contributed by atoms with Crippen LogP contribution in [-0.4, -0.2) is 82.6 Å². The number of Topliss-reactive ketones (excluding diaryl/α,β-unsaturated/α-hetero) is 1. The van der Waals surface area contributed by atoms with Gasteiger partial charge < -0.3 is 19.4 Å². The van der Waals surface area contributed by atoms with Crippen molar-refractivity contribution in [3.8, 4) is 5.75 Å². The second-order valence-corrected chi connectivity index (χ2v) is 9.23. The monoisotopic (exact) mass is 441 g/mol. The molecule has 0 unspecified atom stereocenters. The second-order valence-electron chi connectivity index (χ2n) is 9.23. The van der Waals surface area contributed by atoms with Crippen molar-refractivity contribution < 1.29 is 23.9 Å². The number of carbonyl (C=O) groups excluding carboxylic acids is 4. The van der Waals surface area contributed by atoms with Gasteiger partial charge in [0, 0.05) is 52.5 Å². The molecule has 0 radical (unpaired) electrons. The first-order valence-electron chi connectivity index (χ1n) is 11.4. The molecule has 0 N–H and O–H groups in total. The van der Waals surface area contributed by atoms with Crippen LogP contribution >= 0.6 is 0 Å². The third kappa shape index (κ3) is 4.23. The molecule has 3 heterocycles. The predicted octanol–water partition coefficient (Wildman–Crippen LogP) is 1.79. The lowest BCUT2D eigenvalue weighted by molar-refractivity contribution is -0.147. The van der Waals surface area contributed by atoms with Gasteiger partial charge in [0.05, 0.1) is 12.0 Å². The standard InChI is InChI=1S/C24H31N3O5/c1-16-4-5-21-19(14-16)20(29)15-24(32-21)7-6-22(30)27(9-8-24)17(2)23(31)26-12-10-25(11-13-26)18(3)28/h4-5,14,17H,6-13,15H2,1-3H3/t17-,24-/m1/s1. The van der Waals surface area contributed by atoms with Gasteiger partial charge >= 0.3 is 0 Å². The Bertz CT molecular complexity index is 953. The molecule has 0 aliphatic carbocycles. The van der Waals surface area contributed by atoms with E-state index in [4.69, 9.17) is 4.74 Å². The molecule has 32 heavy (non-hydrogen) atoms. The molecule has 0 aromatic heterocycles. The van der Waals surface area contributed by atoms with E-state index >= 15 is 0 Å².